The van der Waals surface area contributed by atoms with Gasteiger partial charge in [0.25, 0.3) is 0 Å². The van der Waals surface area contributed by atoms with Crippen LogP contribution in [0, 0.1) is 20.8 Å². The van der Waals surface area contributed by atoms with E-state index >= 15 is 0 Å². The van der Waals surface area contributed by atoms with Gasteiger partial charge in [0.05, 0.1) is 6.54 Å². The van der Waals surface area contributed by atoms with Crippen molar-refractivity contribution in [1.82, 2.24) is 9.80 Å². The van der Waals surface area contributed by atoms with Crippen molar-refractivity contribution in [3.63, 3.8) is 0 Å². The number of benzene rings is 1. The third-order valence-electron chi connectivity index (χ3n) is 4.12. The van der Waals surface area contributed by atoms with Crippen LogP contribution in [0.3, 0.4) is 0 Å². The van der Waals surface area contributed by atoms with Gasteiger partial charge >= 0.3 is 0 Å². The first-order chi connectivity index (χ1) is 9.51. The molecule has 2 rings (SSSR count). The molecule has 0 bridgehead atoms. The molecule has 1 fully saturated rings. The van der Waals surface area contributed by atoms with E-state index in [1.165, 1.54) is 22.3 Å². The van der Waals surface area contributed by atoms with Gasteiger partial charge in [-0.15, -0.1) is 0 Å². The van der Waals surface area contributed by atoms with Crippen LogP contribution in [0.25, 0.3) is 0 Å². The van der Waals surface area contributed by atoms with E-state index in [0.717, 1.165) is 32.7 Å². The second-order valence-electron chi connectivity index (χ2n) is 5.74. The maximum absolute atomic E-state index is 11.6. The summed E-state index contributed by atoms with van der Waals surface area (Å²) in [5, 5.41) is 0. The van der Waals surface area contributed by atoms with Crippen molar-refractivity contribution < 1.29 is 4.79 Å². The molecule has 1 amide bonds. The Morgan fingerprint density at radius 2 is 1.65 bits per heavy atom. The van der Waals surface area contributed by atoms with Gasteiger partial charge in [0.2, 0.25) is 5.91 Å². The molecule has 1 aliphatic heterocycles. The number of carbonyl (C=O) groups excluding carboxylic acids is 1. The molecule has 1 saturated heterocycles. The number of nitrogens with zero attached hydrogens (tertiary/aromatic N) is 2. The van der Waals surface area contributed by atoms with E-state index in [0.29, 0.717) is 0 Å². The molecular weight excluding hydrogens is 250 g/mol. The van der Waals surface area contributed by atoms with Crippen molar-refractivity contribution in [3.05, 3.63) is 34.4 Å². The van der Waals surface area contributed by atoms with Crippen LogP contribution in [-0.4, -0.2) is 48.4 Å². The first-order valence-electron chi connectivity index (χ1n) is 7.28. The summed E-state index contributed by atoms with van der Waals surface area (Å²) in [7, 11) is 0. The highest BCUT2D eigenvalue weighted by Crippen LogP contribution is 2.19. The molecule has 0 aliphatic carbocycles. The van der Waals surface area contributed by atoms with E-state index in [4.69, 9.17) is 5.73 Å². The summed E-state index contributed by atoms with van der Waals surface area (Å²) in [5.74, 6) is 0.0624. The Balaban J connectivity index is 1.98. The van der Waals surface area contributed by atoms with E-state index in [1.807, 2.05) is 4.90 Å². The molecule has 1 aromatic rings. The molecule has 110 valence electrons. The lowest BCUT2D eigenvalue weighted by molar-refractivity contribution is -0.131. The first kappa shape index (κ1) is 15.0. The zero-order valence-corrected chi connectivity index (χ0v) is 12.8. The Labute approximate surface area is 121 Å². The summed E-state index contributed by atoms with van der Waals surface area (Å²) in [6, 6.07) is 4.49. The summed E-state index contributed by atoms with van der Waals surface area (Å²) < 4.78 is 0. The van der Waals surface area contributed by atoms with E-state index in [2.05, 4.69) is 37.8 Å². The van der Waals surface area contributed by atoms with Crippen LogP contribution in [0.5, 0.6) is 0 Å². The largest absolute Gasteiger partial charge is 0.339 e. The van der Waals surface area contributed by atoms with Crippen LogP contribution < -0.4 is 5.73 Å². The molecule has 0 atom stereocenters. The standard InChI is InChI=1S/C16H25N3O/c1-12-8-13(2)15(14(3)9-12)11-18-4-6-19(7-5-18)16(20)10-17/h8-9H,4-7,10-11,17H2,1-3H3. The summed E-state index contributed by atoms with van der Waals surface area (Å²) in [4.78, 5) is 15.8. The topological polar surface area (TPSA) is 49.6 Å². The van der Waals surface area contributed by atoms with Crippen molar-refractivity contribution in [1.29, 1.82) is 0 Å². The summed E-state index contributed by atoms with van der Waals surface area (Å²) in [6.45, 7) is 11.0. The molecule has 0 radical (unpaired) electrons. The fourth-order valence-electron chi connectivity index (χ4n) is 2.97. The maximum atomic E-state index is 11.6. The van der Waals surface area contributed by atoms with Crippen LogP contribution in [0.1, 0.15) is 22.3 Å². The number of hydrogen-bond acceptors (Lipinski definition) is 3. The van der Waals surface area contributed by atoms with Gasteiger partial charge in [-0.3, -0.25) is 9.69 Å². The molecular formula is C16H25N3O. The normalized spacial score (nSPS) is 16.5. The third-order valence-corrected chi connectivity index (χ3v) is 4.12. The van der Waals surface area contributed by atoms with Gasteiger partial charge in [-0.05, 0) is 37.5 Å². The fourth-order valence-corrected chi connectivity index (χ4v) is 2.97. The predicted molar refractivity (Wildman–Crippen MR) is 81.6 cm³/mol. The number of piperazine rings is 1. The van der Waals surface area contributed by atoms with Crippen LogP contribution >= 0.6 is 0 Å². The van der Waals surface area contributed by atoms with E-state index in [9.17, 15) is 4.79 Å². The number of nitrogens with two attached hydrogens (primary N) is 1. The minimum absolute atomic E-state index is 0.0624. The van der Waals surface area contributed by atoms with Crippen molar-refractivity contribution in [2.75, 3.05) is 32.7 Å². The molecule has 0 saturated carbocycles. The summed E-state index contributed by atoms with van der Waals surface area (Å²) in [6.07, 6.45) is 0. The van der Waals surface area contributed by atoms with Gasteiger partial charge in [0, 0.05) is 32.7 Å². The minimum atomic E-state index is 0.0624. The van der Waals surface area contributed by atoms with Crippen molar-refractivity contribution in [2.45, 2.75) is 27.3 Å². The highest BCUT2D eigenvalue weighted by molar-refractivity contribution is 5.78. The lowest BCUT2D eigenvalue weighted by atomic mass is 9.99. The van der Waals surface area contributed by atoms with E-state index < -0.39 is 0 Å². The lowest BCUT2D eigenvalue weighted by Gasteiger charge is -2.35. The zero-order valence-electron chi connectivity index (χ0n) is 12.8. The Bertz CT molecular complexity index is 467. The average molecular weight is 275 g/mol. The van der Waals surface area contributed by atoms with Gasteiger partial charge in [0.15, 0.2) is 0 Å². The molecule has 1 aliphatic rings. The minimum Gasteiger partial charge on any atom is -0.339 e. The molecule has 0 unspecified atom stereocenters. The van der Waals surface area contributed by atoms with Crippen LogP contribution in [0.2, 0.25) is 0 Å². The number of carbonyl (C=O) groups is 1. The predicted octanol–water partition coefficient (Wildman–Crippen LogP) is 1.21. The molecule has 0 spiro atoms. The molecule has 4 nitrogen and oxygen atoms in total. The monoisotopic (exact) mass is 275 g/mol. The van der Waals surface area contributed by atoms with Gasteiger partial charge < -0.3 is 10.6 Å². The van der Waals surface area contributed by atoms with Crippen LogP contribution in [-0.2, 0) is 11.3 Å². The Morgan fingerprint density at radius 1 is 1.10 bits per heavy atom. The molecule has 0 aromatic heterocycles. The van der Waals surface area contributed by atoms with Gasteiger partial charge in [-0.1, -0.05) is 17.7 Å². The van der Waals surface area contributed by atoms with Gasteiger partial charge in [-0.25, -0.2) is 0 Å². The molecule has 1 aromatic carbocycles. The summed E-state index contributed by atoms with van der Waals surface area (Å²) >= 11 is 0. The van der Waals surface area contributed by atoms with Crippen molar-refractivity contribution in [2.24, 2.45) is 5.73 Å². The van der Waals surface area contributed by atoms with Crippen molar-refractivity contribution >= 4 is 5.91 Å². The van der Waals surface area contributed by atoms with E-state index in [1.54, 1.807) is 0 Å². The Hall–Kier alpha value is -1.39. The van der Waals surface area contributed by atoms with E-state index in [-0.39, 0.29) is 12.5 Å². The number of rotatable bonds is 3. The SMILES string of the molecule is Cc1cc(C)c(CN2CCN(C(=O)CN)CC2)c(C)c1. The number of amides is 1. The van der Waals surface area contributed by atoms with Crippen LogP contribution in [0.15, 0.2) is 12.1 Å². The first-order valence-corrected chi connectivity index (χ1v) is 7.28. The second-order valence-corrected chi connectivity index (χ2v) is 5.74. The highest BCUT2D eigenvalue weighted by atomic mass is 16.2. The van der Waals surface area contributed by atoms with Gasteiger partial charge in [-0.2, -0.15) is 0 Å². The molecule has 1 heterocycles. The molecule has 20 heavy (non-hydrogen) atoms. The molecule has 2 N–H and O–H groups in total. The quantitative estimate of drug-likeness (QED) is 0.902. The Kier molecular flexibility index (Phi) is 4.78. The average Bonchev–Trinajstić information content (AvgIpc) is 2.42. The smallest absolute Gasteiger partial charge is 0.236 e. The zero-order chi connectivity index (χ0) is 14.7. The lowest BCUT2D eigenvalue weighted by Crippen LogP contribution is -2.50. The highest BCUT2D eigenvalue weighted by Gasteiger charge is 2.20. The van der Waals surface area contributed by atoms with Gasteiger partial charge in [0.1, 0.15) is 0 Å². The second kappa shape index (κ2) is 6.37. The van der Waals surface area contributed by atoms with Crippen molar-refractivity contribution in [3.8, 4) is 0 Å². The van der Waals surface area contributed by atoms with Crippen LogP contribution in [0.4, 0.5) is 0 Å². The third kappa shape index (κ3) is 3.38. The molecule has 4 heteroatoms. The Morgan fingerprint density at radius 3 is 2.15 bits per heavy atom. The number of aryl methyl sites for hydroxylation is 3. The summed E-state index contributed by atoms with van der Waals surface area (Å²) in [5.41, 5.74) is 10.9. The maximum Gasteiger partial charge on any atom is 0.236 e. The number of hydrogen-bond donors (Lipinski definition) is 1. The fraction of sp³-hybridized carbons (Fsp3) is 0.562.